The van der Waals surface area contributed by atoms with Crippen molar-refractivity contribution in [3.05, 3.63) is 48.7 Å². The molecular weight excluding hydrogens is 374 g/mol. The first-order chi connectivity index (χ1) is 13.7. The largest absolute Gasteiger partial charge is 0.352 e. The molecule has 144 valence electrons. The summed E-state index contributed by atoms with van der Waals surface area (Å²) in [6, 6.07) is 7.43. The quantitative estimate of drug-likeness (QED) is 0.465. The average Bonchev–Trinajstić information content (AvgIpc) is 3.29. The van der Waals surface area contributed by atoms with Crippen LogP contribution in [-0.2, 0) is 7.05 Å². The lowest BCUT2D eigenvalue weighted by Crippen LogP contribution is -2.25. The van der Waals surface area contributed by atoms with Crippen LogP contribution in [0.15, 0.2) is 48.3 Å². The summed E-state index contributed by atoms with van der Waals surface area (Å²) in [7, 11) is 1.81. The third-order valence-electron chi connectivity index (χ3n) is 4.43. The van der Waals surface area contributed by atoms with E-state index in [1.54, 1.807) is 17.9 Å². The topological polar surface area (TPSA) is 90.5 Å². The summed E-state index contributed by atoms with van der Waals surface area (Å²) in [5, 5.41) is 20.5. The van der Waals surface area contributed by atoms with Crippen LogP contribution in [0.4, 0.5) is 0 Å². The molecule has 8 nitrogen and oxygen atoms in total. The maximum absolute atomic E-state index is 12.3. The van der Waals surface area contributed by atoms with E-state index in [0.29, 0.717) is 28.8 Å². The van der Waals surface area contributed by atoms with Crippen LogP contribution in [0.5, 0.6) is 0 Å². The molecule has 1 amide bonds. The van der Waals surface area contributed by atoms with Gasteiger partial charge in [0.05, 0.1) is 6.20 Å². The van der Waals surface area contributed by atoms with Gasteiger partial charge in [-0.15, -0.1) is 21.9 Å². The molecule has 0 spiro atoms. The minimum absolute atomic E-state index is 0.0439. The number of carbonyl (C=O) groups excluding carboxylic acids is 1. The van der Waals surface area contributed by atoms with E-state index < -0.39 is 0 Å². The van der Waals surface area contributed by atoms with Gasteiger partial charge in [-0.05, 0) is 43.0 Å². The molecule has 0 bridgehead atoms. The van der Waals surface area contributed by atoms with Crippen LogP contribution in [0.2, 0.25) is 0 Å². The number of nitrogens with zero attached hydrogens (tertiary/aromatic N) is 6. The Labute approximate surface area is 167 Å². The molecule has 1 aliphatic rings. The number of rotatable bonds is 8. The van der Waals surface area contributed by atoms with Crippen LogP contribution in [0, 0.1) is 5.92 Å². The standard InChI is InChI=1S/C19H21N7OS/c1-3-10-28-19-23-22-17(16-12-25(2)24-21-16)26(19)15-8-6-14(7-9-15)18(27)20-11-13-4-5-13/h3,6-9,12-13H,1,4-5,10-11H2,2H3,(H,20,27). The van der Waals surface area contributed by atoms with Gasteiger partial charge in [-0.25, -0.2) is 0 Å². The Balaban J connectivity index is 1.63. The zero-order valence-electron chi connectivity index (χ0n) is 15.6. The molecule has 1 saturated carbocycles. The Kier molecular flexibility index (Phi) is 5.25. The van der Waals surface area contributed by atoms with Crippen molar-refractivity contribution in [3.8, 4) is 17.2 Å². The number of carbonyl (C=O) groups is 1. The molecule has 0 radical (unpaired) electrons. The van der Waals surface area contributed by atoms with E-state index in [1.807, 2.05) is 34.9 Å². The maximum Gasteiger partial charge on any atom is 0.251 e. The van der Waals surface area contributed by atoms with E-state index in [9.17, 15) is 4.79 Å². The number of benzene rings is 1. The zero-order chi connectivity index (χ0) is 19.5. The Morgan fingerprint density at radius 1 is 1.29 bits per heavy atom. The number of aromatic nitrogens is 6. The summed E-state index contributed by atoms with van der Waals surface area (Å²) in [4.78, 5) is 12.3. The molecule has 2 aromatic heterocycles. The summed E-state index contributed by atoms with van der Waals surface area (Å²) in [6.07, 6.45) is 6.04. The van der Waals surface area contributed by atoms with Crippen molar-refractivity contribution >= 4 is 17.7 Å². The third kappa shape index (κ3) is 3.99. The minimum atomic E-state index is -0.0439. The molecule has 1 N–H and O–H groups in total. The fraction of sp³-hybridized carbons (Fsp3) is 0.316. The van der Waals surface area contributed by atoms with Gasteiger partial charge in [-0.2, -0.15) is 0 Å². The number of aryl methyl sites for hydroxylation is 1. The summed E-state index contributed by atoms with van der Waals surface area (Å²) >= 11 is 1.53. The van der Waals surface area contributed by atoms with Gasteiger partial charge >= 0.3 is 0 Å². The second-order valence-corrected chi connectivity index (χ2v) is 7.71. The molecular formula is C19H21N7OS. The van der Waals surface area contributed by atoms with Crippen LogP contribution in [0.1, 0.15) is 23.2 Å². The van der Waals surface area contributed by atoms with E-state index in [0.717, 1.165) is 17.4 Å². The van der Waals surface area contributed by atoms with Gasteiger partial charge in [0, 0.05) is 30.6 Å². The highest BCUT2D eigenvalue weighted by Crippen LogP contribution is 2.28. The summed E-state index contributed by atoms with van der Waals surface area (Å²) in [5.74, 6) is 1.92. The number of hydrogen-bond acceptors (Lipinski definition) is 6. The molecule has 28 heavy (non-hydrogen) atoms. The first kappa shape index (κ1) is 18.4. The van der Waals surface area contributed by atoms with Gasteiger partial charge in [0.1, 0.15) is 0 Å². The number of hydrogen-bond donors (Lipinski definition) is 1. The molecule has 4 rings (SSSR count). The molecule has 0 atom stereocenters. The number of amides is 1. The fourth-order valence-corrected chi connectivity index (χ4v) is 3.45. The lowest BCUT2D eigenvalue weighted by Gasteiger charge is -2.10. The van der Waals surface area contributed by atoms with Crippen LogP contribution in [0.25, 0.3) is 17.2 Å². The predicted octanol–water partition coefficient (Wildman–Crippen LogP) is 2.48. The highest BCUT2D eigenvalue weighted by atomic mass is 32.2. The second kappa shape index (κ2) is 7.97. The molecule has 1 aromatic carbocycles. The van der Waals surface area contributed by atoms with Crippen molar-refractivity contribution in [3.63, 3.8) is 0 Å². The van der Waals surface area contributed by atoms with Crippen molar-refractivity contribution in [2.75, 3.05) is 12.3 Å². The average molecular weight is 395 g/mol. The molecule has 9 heteroatoms. The summed E-state index contributed by atoms with van der Waals surface area (Å²) in [5.41, 5.74) is 2.13. The Hall–Kier alpha value is -2.94. The SMILES string of the molecule is C=CCSc1nnc(-c2cn(C)nn2)n1-c1ccc(C(=O)NCC2CC2)cc1. The van der Waals surface area contributed by atoms with E-state index in [2.05, 4.69) is 32.4 Å². The highest BCUT2D eigenvalue weighted by Gasteiger charge is 2.22. The van der Waals surface area contributed by atoms with E-state index in [4.69, 9.17) is 0 Å². The minimum Gasteiger partial charge on any atom is -0.352 e. The first-order valence-electron chi connectivity index (χ1n) is 9.10. The van der Waals surface area contributed by atoms with E-state index in [-0.39, 0.29) is 5.91 Å². The first-order valence-corrected chi connectivity index (χ1v) is 10.1. The highest BCUT2D eigenvalue weighted by molar-refractivity contribution is 7.99. The molecule has 1 fully saturated rings. The van der Waals surface area contributed by atoms with Crippen LogP contribution < -0.4 is 5.32 Å². The predicted molar refractivity (Wildman–Crippen MR) is 107 cm³/mol. The third-order valence-corrected chi connectivity index (χ3v) is 5.36. The van der Waals surface area contributed by atoms with Crippen LogP contribution >= 0.6 is 11.8 Å². The Morgan fingerprint density at radius 2 is 2.07 bits per heavy atom. The normalized spacial score (nSPS) is 13.5. The Bertz CT molecular complexity index is 988. The zero-order valence-corrected chi connectivity index (χ0v) is 16.4. The second-order valence-electron chi connectivity index (χ2n) is 6.72. The van der Waals surface area contributed by atoms with E-state index >= 15 is 0 Å². The maximum atomic E-state index is 12.3. The summed E-state index contributed by atoms with van der Waals surface area (Å²) in [6.45, 7) is 4.52. The Morgan fingerprint density at radius 3 is 2.71 bits per heavy atom. The van der Waals surface area contributed by atoms with Crippen LogP contribution in [-0.4, -0.2) is 48.0 Å². The van der Waals surface area contributed by atoms with Crippen molar-refractivity contribution in [2.24, 2.45) is 13.0 Å². The smallest absolute Gasteiger partial charge is 0.251 e. The lowest BCUT2D eigenvalue weighted by atomic mass is 10.2. The molecule has 1 aliphatic carbocycles. The molecule has 3 aromatic rings. The van der Waals surface area contributed by atoms with E-state index in [1.165, 1.54) is 24.6 Å². The number of thioether (sulfide) groups is 1. The molecule has 2 heterocycles. The van der Waals surface area contributed by atoms with Crippen molar-refractivity contribution in [1.82, 2.24) is 35.1 Å². The van der Waals surface area contributed by atoms with Gasteiger partial charge in [-0.1, -0.05) is 23.1 Å². The summed E-state index contributed by atoms with van der Waals surface area (Å²) < 4.78 is 3.54. The van der Waals surface area contributed by atoms with Gasteiger partial charge in [0.15, 0.2) is 16.7 Å². The molecule has 0 saturated heterocycles. The monoisotopic (exact) mass is 395 g/mol. The fourth-order valence-electron chi connectivity index (χ4n) is 2.77. The van der Waals surface area contributed by atoms with Crippen molar-refractivity contribution < 1.29 is 4.79 Å². The molecule has 0 unspecified atom stereocenters. The van der Waals surface area contributed by atoms with Crippen molar-refractivity contribution in [2.45, 2.75) is 18.0 Å². The van der Waals surface area contributed by atoms with Gasteiger partial charge in [0.25, 0.3) is 5.91 Å². The van der Waals surface area contributed by atoms with Gasteiger partial charge in [-0.3, -0.25) is 14.0 Å². The van der Waals surface area contributed by atoms with Crippen molar-refractivity contribution in [1.29, 1.82) is 0 Å². The van der Waals surface area contributed by atoms with Crippen LogP contribution in [0.3, 0.4) is 0 Å². The number of nitrogens with one attached hydrogen (secondary N) is 1. The van der Waals surface area contributed by atoms with Gasteiger partial charge in [0.2, 0.25) is 0 Å². The lowest BCUT2D eigenvalue weighted by molar-refractivity contribution is 0.0952. The molecule has 0 aliphatic heterocycles. The van der Waals surface area contributed by atoms with Gasteiger partial charge < -0.3 is 5.32 Å².